The molecule has 2 saturated heterocycles. The van der Waals surface area contributed by atoms with Gasteiger partial charge in [-0.25, -0.2) is 0 Å². The van der Waals surface area contributed by atoms with Crippen LogP contribution in [-0.2, 0) is 15.7 Å². The lowest BCUT2D eigenvalue weighted by Crippen LogP contribution is -2.39. The van der Waals surface area contributed by atoms with E-state index in [0.717, 1.165) is 18.6 Å². The van der Waals surface area contributed by atoms with Crippen molar-refractivity contribution in [1.29, 1.82) is 0 Å². The van der Waals surface area contributed by atoms with Gasteiger partial charge in [-0.15, -0.1) is 0 Å². The van der Waals surface area contributed by atoms with Crippen molar-refractivity contribution in [3.63, 3.8) is 0 Å². The van der Waals surface area contributed by atoms with Gasteiger partial charge in [-0.3, -0.25) is 4.79 Å². The molecule has 2 aliphatic heterocycles. The van der Waals surface area contributed by atoms with E-state index in [2.05, 4.69) is 0 Å². The van der Waals surface area contributed by atoms with Gasteiger partial charge in [0.15, 0.2) is 0 Å². The van der Waals surface area contributed by atoms with Crippen molar-refractivity contribution >= 4 is 5.91 Å². The number of rotatable bonds is 2. The van der Waals surface area contributed by atoms with Gasteiger partial charge < -0.3 is 14.7 Å². The molecule has 0 saturated carbocycles. The molecular weight excluding hydrogens is 311 g/mol. The number of halogens is 3. The van der Waals surface area contributed by atoms with Crippen molar-refractivity contribution in [1.82, 2.24) is 4.90 Å². The Morgan fingerprint density at radius 2 is 1.96 bits per heavy atom. The van der Waals surface area contributed by atoms with Crippen LogP contribution in [0.3, 0.4) is 0 Å². The fourth-order valence-electron chi connectivity index (χ4n) is 3.22. The Balaban J connectivity index is 1.80. The maximum atomic E-state index is 12.6. The topological polar surface area (TPSA) is 49.8 Å². The minimum atomic E-state index is -4.39. The van der Waals surface area contributed by atoms with Crippen LogP contribution in [0.25, 0.3) is 0 Å². The van der Waals surface area contributed by atoms with Gasteiger partial charge in [-0.2, -0.15) is 13.2 Å². The third-order valence-electron chi connectivity index (χ3n) is 4.39. The lowest BCUT2D eigenvalue weighted by Gasteiger charge is -2.27. The van der Waals surface area contributed by atoms with E-state index in [0.29, 0.717) is 25.0 Å². The van der Waals surface area contributed by atoms with Crippen LogP contribution in [0.1, 0.15) is 36.4 Å². The van der Waals surface area contributed by atoms with Crippen molar-refractivity contribution in [2.45, 2.75) is 43.7 Å². The van der Waals surface area contributed by atoms with Crippen LogP contribution in [0.5, 0.6) is 0 Å². The number of aliphatic hydroxyl groups excluding tert-OH is 1. The predicted molar refractivity (Wildman–Crippen MR) is 75.5 cm³/mol. The first-order chi connectivity index (χ1) is 10.9. The van der Waals surface area contributed by atoms with Crippen molar-refractivity contribution in [2.75, 3.05) is 13.2 Å². The van der Waals surface area contributed by atoms with Gasteiger partial charge >= 0.3 is 6.18 Å². The van der Waals surface area contributed by atoms with E-state index in [9.17, 15) is 23.1 Å². The highest BCUT2D eigenvalue weighted by molar-refractivity contribution is 5.82. The highest BCUT2D eigenvalue weighted by Crippen LogP contribution is 2.36. The predicted octanol–water partition coefficient (Wildman–Crippen LogP) is 2.52. The summed E-state index contributed by atoms with van der Waals surface area (Å²) in [6.45, 7) is 0.724. The van der Waals surface area contributed by atoms with Crippen LogP contribution in [0, 0.1) is 0 Å². The zero-order valence-electron chi connectivity index (χ0n) is 12.4. The molecule has 1 aromatic rings. The second kappa shape index (κ2) is 6.13. The minimum absolute atomic E-state index is 0.185. The Morgan fingerprint density at radius 1 is 1.26 bits per heavy atom. The zero-order valence-corrected chi connectivity index (χ0v) is 12.4. The van der Waals surface area contributed by atoms with Gasteiger partial charge in [0.1, 0.15) is 6.10 Å². The highest BCUT2D eigenvalue weighted by atomic mass is 19.4. The molecule has 3 atom stereocenters. The van der Waals surface area contributed by atoms with Gasteiger partial charge in [-0.05, 0) is 37.0 Å². The first-order valence-electron chi connectivity index (χ1n) is 7.63. The Labute approximate surface area is 131 Å². The SMILES string of the molecule is O=C(C1CCCO1)N1CC(O)CC1c1ccc(C(F)(F)F)cc1. The first kappa shape index (κ1) is 16.3. The number of ether oxygens (including phenoxy) is 1. The quantitative estimate of drug-likeness (QED) is 0.907. The number of nitrogens with zero attached hydrogens (tertiary/aromatic N) is 1. The normalized spacial score (nSPS) is 28.3. The molecule has 0 bridgehead atoms. The molecule has 2 heterocycles. The molecule has 126 valence electrons. The summed E-state index contributed by atoms with van der Waals surface area (Å²) >= 11 is 0. The van der Waals surface area contributed by atoms with Crippen molar-refractivity contribution in [3.8, 4) is 0 Å². The largest absolute Gasteiger partial charge is 0.416 e. The molecule has 23 heavy (non-hydrogen) atoms. The summed E-state index contributed by atoms with van der Waals surface area (Å²) < 4.78 is 43.3. The number of hydrogen-bond acceptors (Lipinski definition) is 3. The number of amides is 1. The smallest absolute Gasteiger partial charge is 0.391 e. The van der Waals surface area contributed by atoms with Gasteiger partial charge in [0.2, 0.25) is 0 Å². The number of hydrogen-bond donors (Lipinski definition) is 1. The Hall–Kier alpha value is -1.60. The van der Waals surface area contributed by atoms with Crippen molar-refractivity contribution in [3.05, 3.63) is 35.4 Å². The summed E-state index contributed by atoms with van der Waals surface area (Å²) in [6.07, 6.45) is -3.78. The second-order valence-corrected chi connectivity index (χ2v) is 6.02. The van der Waals surface area contributed by atoms with E-state index in [4.69, 9.17) is 4.74 Å². The van der Waals surface area contributed by atoms with E-state index in [1.165, 1.54) is 17.0 Å². The van der Waals surface area contributed by atoms with Gasteiger partial charge in [0.25, 0.3) is 5.91 Å². The summed E-state index contributed by atoms with van der Waals surface area (Å²) in [5.74, 6) is -0.191. The van der Waals surface area contributed by atoms with Crippen LogP contribution >= 0.6 is 0 Å². The molecule has 1 N–H and O–H groups in total. The molecule has 0 aromatic heterocycles. The first-order valence-corrected chi connectivity index (χ1v) is 7.63. The Kier molecular flexibility index (Phi) is 4.33. The maximum absolute atomic E-state index is 12.6. The lowest BCUT2D eigenvalue weighted by atomic mass is 10.0. The van der Waals surface area contributed by atoms with Gasteiger partial charge in [-0.1, -0.05) is 12.1 Å². The third-order valence-corrected chi connectivity index (χ3v) is 4.39. The fraction of sp³-hybridized carbons (Fsp3) is 0.562. The summed E-state index contributed by atoms with van der Waals surface area (Å²) in [5, 5.41) is 9.89. The average molecular weight is 329 g/mol. The van der Waals surface area contributed by atoms with Gasteiger partial charge in [0, 0.05) is 13.2 Å². The number of benzene rings is 1. The third kappa shape index (κ3) is 3.35. The maximum Gasteiger partial charge on any atom is 0.416 e. The Bertz CT molecular complexity index is 567. The molecule has 0 aliphatic carbocycles. The van der Waals surface area contributed by atoms with Crippen LogP contribution in [0.2, 0.25) is 0 Å². The molecule has 1 amide bonds. The molecule has 4 nitrogen and oxygen atoms in total. The number of β-amino-alcohol motifs (C(OH)–C–C–N with tert-alkyl or cyclic N) is 1. The average Bonchev–Trinajstić information content (AvgIpc) is 3.15. The molecule has 0 spiro atoms. The molecule has 3 rings (SSSR count). The monoisotopic (exact) mass is 329 g/mol. The molecular formula is C16H18F3NO3. The van der Waals surface area contributed by atoms with E-state index < -0.39 is 30.0 Å². The van der Waals surface area contributed by atoms with Gasteiger partial charge in [0.05, 0.1) is 17.7 Å². The molecule has 1 aromatic carbocycles. The summed E-state index contributed by atoms with van der Waals surface area (Å²) in [6, 6.07) is 4.36. The highest BCUT2D eigenvalue weighted by Gasteiger charge is 2.39. The van der Waals surface area contributed by atoms with E-state index >= 15 is 0 Å². The Morgan fingerprint density at radius 3 is 2.52 bits per heavy atom. The second-order valence-electron chi connectivity index (χ2n) is 6.02. The summed E-state index contributed by atoms with van der Waals surface area (Å²) in [5.41, 5.74) is -0.127. The summed E-state index contributed by atoms with van der Waals surface area (Å²) in [4.78, 5) is 14.0. The molecule has 0 radical (unpaired) electrons. The number of carbonyl (C=O) groups is 1. The van der Waals surface area contributed by atoms with Crippen LogP contribution in [0.15, 0.2) is 24.3 Å². The number of aliphatic hydroxyl groups is 1. The molecule has 3 unspecified atom stereocenters. The lowest BCUT2D eigenvalue weighted by molar-refractivity contribution is -0.142. The number of likely N-dealkylation sites (tertiary alicyclic amines) is 1. The van der Waals surface area contributed by atoms with E-state index in [1.54, 1.807) is 0 Å². The number of alkyl halides is 3. The zero-order chi connectivity index (χ0) is 16.6. The van der Waals surface area contributed by atoms with Crippen LogP contribution < -0.4 is 0 Å². The van der Waals surface area contributed by atoms with E-state index in [1.807, 2.05) is 0 Å². The minimum Gasteiger partial charge on any atom is -0.391 e. The molecule has 7 heteroatoms. The van der Waals surface area contributed by atoms with Crippen LogP contribution in [-0.4, -0.2) is 41.3 Å². The standard InChI is InChI=1S/C16H18F3NO3/c17-16(18,19)11-5-3-10(4-6-11)13-8-12(21)9-20(13)15(22)14-2-1-7-23-14/h3-6,12-14,21H,1-2,7-9H2. The molecule has 2 fully saturated rings. The van der Waals surface area contributed by atoms with Crippen LogP contribution in [0.4, 0.5) is 13.2 Å². The fourth-order valence-corrected chi connectivity index (χ4v) is 3.22. The van der Waals surface area contributed by atoms with Crippen molar-refractivity contribution < 1.29 is 27.8 Å². The van der Waals surface area contributed by atoms with Crippen molar-refractivity contribution in [2.24, 2.45) is 0 Å². The van der Waals surface area contributed by atoms with E-state index in [-0.39, 0.29) is 12.5 Å². The summed E-state index contributed by atoms with van der Waals surface area (Å²) in [7, 11) is 0. The number of carbonyl (C=O) groups excluding carboxylic acids is 1. The molecule has 2 aliphatic rings.